The molecular weight excluding hydrogens is 611 g/mol. The van der Waals surface area contributed by atoms with Crippen molar-refractivity contribution in [2.45, 2.75) is 52.1 Å². The van der Waals surface area contributed by atoms with Crippen LogP contribution in [0.15, 0.2) is 109 Å². The van der Waals surface area contributed by atoms with E-state index in [0.717, 1.165) is 41.5 Å². The molecule has 0 aliphatic rings. The van der Waals surface area contributed by atoms with E-state index >= 15 is 4.39 Å². The first-order chi connectivity index (χ1) is 23.2. The normalized spacial score (nSPS) is 10.8. The number of unbranched alkanes of at least 4 members (excludes halogenated alkanes) is 4. The molecule has 4 rings (SSSR count). The van der Waals surface area contributed by atoms with Crippen LogP contribution in [0.4, 0.5) is 4.39 Å². The second kappa shape index (κ2) is 17.8. The predicted octanol–water partition coefficient (Wildman–Crippen LogP) is 8.16. The van der Waals surface area contributed by atoms with E-state index in [1.165, 1.54) is 25.3 Å². The van der Waals surface area contributed by atoms with E-state index in [4.69, 9.17) is 24.4 Å². The molecule has 0 aromatic heterocycles. The van der Waals surface area contributed by atoms with Crippen LogP contribution in [0.1, 0.15) is 50.2 Å². The molecule has 0 saturated heterocycles. The molecule has 0 atom stereocenters. The number of benzene rings is 4. The van der Waals surface area contributed by atoms with Gasteiger partial charge in [0.1, 0.15) is 29.7 Å². The van der Waals surface area contributed by atoms with E-state index in [2.05, 4.69) is 26.1 Å². The molecule has 8 heteroatoms. The lowest BCUT2D eigenvalue weighted by atomic mass is 9.95. The predicted molar refractivity (Wildman–Crippen MR) is 184 cm³/mol. The highest BCUT2D eigenvalue weighted by Gasteiger charge is 2.13. The molecule has 0 aliphatic carbocycles. The molecule has 48 heavy (non-hydrogen) atoms. The van der Waals surface area contributed by atoms with E-state index in [9.17, 15) is 9.59 Å². The summed E-state index contributed by atoms with van der Waals surface area (Å²) in [4.78, 5) is 23.8. The highest BCUT2D eigenvalue weighted by atomic mass is 19.1. The van der Waals surface area contributed by atoms with Gasteiger partial charge in [-0.05, 0) is 77.1 Å². The monoisotopic (exact) mass is 652 g/mol. The number of aliphatic hydroxyl groups excluding tert-OH is 2. The summed E-state index contributed by atoms with van der Waals surface area (Å²) >= 11 is 0. The lowest BCUT2D eigenvalue weighted by Gasteiger charge is -2.15. The van der Waals surface area contributed by atoms with Crippen molar-refractivity contribution < 1.29 is 38.4 Å². The van der Waals surface area contributed by atoms with Crippen LogP contribution in [-0.2, 0) is 22.6 Å². The summed E-state index contributed by atoms with van der Waals surface area (Å²) in [5.74, 6) is -0.831. The average Bonchev–Trinajstić information content (AvgIpc) is 3.10. The van der Waals surface area contributed by atoms with Crippen molar-refractivity contribution in [1.82, 2.24) is 0 Å². The number of aryl methyl sites for hydroxylation is 1. The highest BCUT2D eigenvalue weighted by Crippen LogP contribution is 2.30. The molecule has 0 amide bonds. The van der Waals surface area contributed by atoms with Gasteiger partial charge in [0.2, 0.25) is 0 Å². The van der Waals surface area contributed by atoms with Crippen molar-refractivity contribution in [3.05, 3.63) is 126 Å². The Morgan fingerprint density at radius 2 is 1.19 bits per heavy atom. The smallest absolute Gasteiger partial charge is 0.341 e. The largest absolute Gasteiger partial charge is 0.489 e. The fourth-order valence-corrected chi connectivity index (χ4v) is 4.98. The van der Waals surface area contributed by atoms with Crippen molar-refractivity contribution in [3.63, 3.8) is 0 Å². The number of hydrogen-bond donors (Lipinski definition) is 2. The molecule has 2 N–H and O–H groups in total. The van der Waals surface area contributed by atoms with Crippen LogP contribution >= 0.6 is 0 Å². The van der Waals surface area contributed by atoms with Crippen LogP contribution in [-0.4, -0.2) is 35.4 Å². The Kier molecular flexibility index (Phi) is 13.2. The minimum atomic E-state index is -0.729. The zero-order valence-electron chi connectivity index (χ0n) is 27.2. The summed E-state index contributed by atoms with van der Waals surface area (Å²) in [7, 11) is 0. The number of carbonyl (C=O) groups is 2. The standard InChI is InChI=1S/C40H41FO7/c1-4-5-6-7-8-9-31-22-32(29-12-16-34(17-13-29)47-39(44)27(2)24-42)10-11-33(31)26-46-36-20-21-37(38(41)23-36)30-14-18-35(19-15-30)48-40(45)28(3)25-43/h10-23,42-43H,2-9,24-26H2,1H3. The number of hydrogen-bond acceptors (Lipinski definition) is 7. The van der Waals surface area contributed by atoms with Gasteiger partial charge in [0.25, 0.3) is 0 Å². The van der Waals surface area contributed by atoms with Gasteiger partial charge >= 0.3 is 11.9 Å². The third kappa shape index (κ3) is 9.97. The zero-order chi connectivity index (χ0) is 34.5. The molecule has 4 aromatic rings. The molecule has 250 valence electrons. The van der Waals surface area contributed by atoms with E-state index in [-0.39, 0.29) is 23.5 Å². The fourth-order valence-electron chi connectivity index (χ4n) is 4.98. The second-order valence-corrected chi connectivity index (χ2v) is 11.4. The van der Waals surface area contributed by atoms with Crippen LogP contribution in [0.3, 0.4) is 0 Å². The molecule has 0 unspecified atom stereocenters. The van der Waals surface area contributed by atoms with Crippen LogP contribution in [0.2, 0.25) is 0 Å². The van der Waals surface area contributed by atoms with E-state index in [1.54, 1.807) is 48.5 Å². The Morgan fingerprint density at radius 1 is 0.646 bits per heavy atom. The molecule has 0 fully saturated rings. The Labute approximate surface area is 280 Å². The van der Waals surface area contributed by atoms with Crippen LogP contribution < -0.4 is 14.2 Å². The van der Waals surface area contributed by atoms with Gasteiger partial charge in [-0.25, -0.2) is 14.0 Å². The molecular formula is C40H41FO7. The SMILES string of the molecule is C=C(CO)C(=O)Oc1ccc(-c2ccc(COc3ccc(-c4ccc(OC(=O)C(=C)CO)cc4)c(F)c3)c(CCCCCCC)c2)cc1. The van der Waals surface area contributed by atoms with E-state index in [0.29, 0.717) is 22.6 Å². The Balaban J connectivity index is 1.46. The fraction of sp³-hybridized carbons (Fsp3) is 0.250. The van der Waals surface area contributed by atoms with Gasteiger partial charge in [-0.1, -0.05) is 88.2 Å². The number of halogens is 1. The van der Waals surface area contributed by atoms with E-state index < -0.39 is 31.0 Å². The van der Waals surface area contributed by atoms with Crippen molar-refractivity contribution >= 4 is 11.9 Å². The van der Waals surface area contributed by atoms with E-state index in [1.807, 2.05) is 24.3 Å². The Hall–Kier alpha value is -5.05. The summed E-state index contributed by atoms with van der Waals surface area (Å²) in [6.45, 7) is 8.43. The van der Waals surface area contributed by atoms with Crippen molar-refractivity contribution in [2.24, 2.45) is 0 Å². The molecule has 0 radical (unpaired) electrons. The van der Waals surface area contributed by atoms with Crippen LogP contribution in [0.5, 0.6) is 17.2 Å². The lowest BCUT2D eigenvalue weighted by Crippen LogP contribution is -2.12. The van der Waals surface area contributed by atoms with Gasteiger partial charge in [-0.3, -0.25) is 0 Å². The van der Waals surface area contributed by atoms with Gasteiger partial charge in [-0.2, -0.15) is 0 Å². The number of aliphatic hydroxyl groups is 2. The number of ether oxygens (including phenoxy) is 3. The maximum Gasteiger partial charge on any atom is 0.341 e. The minimum Gasteiger partial charge on any atom is -0.489 e. The van der Waals surface area contributed by atoms with Crippen molar-refractivity contribution in [1.29, 1.82) is 0 Å². The number of carbonyl (C=O) groups excluding carboxylic acids is 2. The quantitative estimate of drug-likeness (QED) is 0.0514. The average molecular weight is 653 g/mol. The van der Waals surface area contributed by atoms with Gasteiger partial charge in [0, 0.05) is 11.6 Å². The Bertz CT molecular complexity index is 1730. The van der Waals surface area contributed by atoms with Crippen LogP contribution in [0, 0.1) is 5.82 Å². The van der Waals surface area contributed by atoms with Gasteiger partial charge in [0.05, 0.1) is 24.4 Å². The third-order valence-corrected chi connectivity index (χ3v) is 7.82. The van der Waals surface area contributed by atoms with Gasteiger partial charge < -0.3 is 24.4 Å². The summed E-state index contributed by atoms with van der Waals surface area (Å²) in [6.07, 6.45) is 6.61. The maximum absolute atomic E-state index is 15.2. The molecule has 0 bridgehead atoms. The second-order valence-electron chi connectivity index (χ2n) is 11.4. The molecule has 0 heterocycles. The molecule has 4 aromatic carbocycles. The van der Waals surface area contributed by atoms with Crippen molar-refractivity contribution in [3.8, 4) is 39.5 Å². The summed E-state index contributed by atoms with van der Waals surface area (Å²) in [6, 6.07) is 24.5. The molecule has 0 spiro atoms. The lowest BCUT2D eigenvalue weighted by molar-refractivity contribution is -0.131. The zero-order valence-corrected chi connectivity index (χ0v) is 27.2. The van der Waals surface area contributed by atoms with Gasteiger partial charge in [-0.15, -0.1) is 0 Å². The first kappa shape index (κ1) is 35.8. The Morgan fingerprint density at radius 3 is 1.75 bits per heavy atom. The minimum absolute atomic E-state index is 0.0156. The third-order valence-electron chi connectivity index (χ3n) is 7.82. The maximum atomic E-state index is 15.2. The van der Waals surface area contributed by atoms with Crippen molar-refractivity contribution in [2.75, 3.05) is 13.2 Å². The molecule has 0 aliphatic heterocycles. The number of esters is 2. The highest BCUT2D eigenvalue weighted by molar-refractivity contribution is 5.90. The topological polar surface area (TPSA) is 102 Å². The summed E-state index contributed by atoms with van der Waals surface area (Å²) in [5.41, 5.74) is 5.02. The van der Waals surface area contributed by atoms with Crippen LogP contribution in [0.25, 0.3) is 22.3 Å². The summed E-state index contributed by atoms with van der Waals surface area (Å²) in [5, 5.41) is 18.1. The molecule has 7 nitrogen and oxygen atoms in total. The first-order valence-electron chi connectivity index (χ1n) is 16.0. The number of rotatable bonds is 17. The van der Waals surface area contributed by atoms with Gasteiger partial charge in [0.15, 0.2) is 0 Å². The molecule has 0 saturated carbocycles. The first-order valence-corrected chi connectivity index (χ1v) is 16.0. The summed E-state index contributed by atoms with van der Waals surface area (Å²) < 4.78 is 31.7.